The van der Waals surface area contributed by atoms with Gasteiger partial charge in [0.2, 0.25) is 5.91 Å². The Balaban J connectivity index is 1.65. The van der Waals surface area contributed by atoms with Gasteiger partial charge in [-0.3, -0.25) is 9.59 Å². The van der Waals surface area contributed by atoms with Crippen LogP contribution >= 0.6 is 11.6 Å². The molecular formula is C20H21ClN2O3. The van der Waals surface area contributed by atoms with E-state index in [0.717, 1.165) is 5.56 Å². The zero-order chi connectivity index (χ0) is 18.5. The molecule has 3 rings (SSSR count). The second kappa shape index (κ2) is 8.34. The number of carbonyl (C=O) groups excluding carboxylic acids is 2. The fraction of sp³-hybridized carbons (Fsp3) is 0.300. The molecule has 0 bridgehead atoms. The first-order chi connectivity index (χ1) is 12.5. The zero-order valence-electron chi connectivity index (χ0n) is 14.6. The highest BCUT2D eigenvalue weighted by Gasteiger charge is 2.24. The van der Waals surface area contributed by atoms with Crippen LogP contribution in [-0.4, -0.2) is 42.5 Å². The molecule has 0 saturated carbocycles. The van der Waals surface area contributed by atoms with Gasteiger partial charge in [0.25, 0.3) is 5.91 Å². The number of halogens is 1. The van der Waals surface area contributed by atoms with Crippen LogP contribution in [-0.2, 0) is 16.0 Å². The fourth-order valence-corrected chi connectivity index (χ4v) is 3.04. The summed E-state index contributed by atoms with van der Waals surface area (Å²) < 4.78 is 5.38. The zero-order valence-corrected chi connectivity index (χ0v) is 15.3. The number of nitrogens with one attached hydrogen (secondary N) is 1. The van der Waals surface area contributed by atoms with Crippen LogP contribution in [0.1, 0.15) is 22.8 Å². The Morgan fingerprint density at radius 3 is 2.73 bits per heavy atom. The SMILES string of the molecule is CC1COCCN1C(=O)c1cccc(NC(=O)Cc2ccc(Cl)cc2)c1. The molecule has 1 heterocycles. The van der Waals surface area contributed by atoms with Gasteiger partial charge in [-0.15, -0.1) is 0 Å². The van der Waals surface area contributed by atoms with E-state index in [-0.39, 0.29) is 24.3 Å². The van der Waals surface area contributed by atoms with Crippen molar-refractivity contribution in [2.75, 3.05) is 25.1 Å². The van der Waals surface area contributed by atoms with Crippen LogP contribution in [0.25, 0.3) is 0 Å². The first kappa shape index (κ1) is 18.4. The number of nitrogens with zero attached hydrogens (tertiary/aromatic N) is 1. The maximum atomic E-state index is 12.7. The number of benzene rings is 2. The molecule has 1 atom stereocenters. The molecule has 2 aromatic carbocycles. The number of rotatable bonds is 4. The third kappa shape index (κ3) is 4.62. The van der Waals surface area contributed by atoms with E-state index in [4.69, 9.17) is 16.3 Å². The molecule has 0 spiro atoms. The van der Waals surface area contributed by atoms with E-state index < -0.39 is 0 Å². The second-order valence-electron chi connectivity index (χ2n) is 6.35. The lowest BCUT2D eigenvalue weighted by molar-refractivity contribution is -0.115. The average molecular weight is 373 g/mol. The molecule has 1 N–H and O–H groups in total. The maximum Gasteiger partial charge on any atom is 0.254 e. The van der Waals surface area contributed by atoms with Crippen molar-refractivity contribution in [3.05, 3.63) is 64.7 Å². The van der Waals surface area contributed by atoms with Crippen LogP contribution in [0.4, 0.5) is 5.69 Å². The molecular weight excluding hydrogens is 352 g/mol. The summed E-state index contributed by atoms with van der Waals surface area (Å²) in [6.07, 6.45) is 0.246. The summed E-state index contributed by atoms with van der Waals surface area (Å²) in [4.78, 5) is 26.8. The molecule has 26 heavy (non-hydrogen) atoms. The normalized spacial score (nSPS) is 17.0. The van der Waals surface area contributed by atoms with Crippen LogP contribution in [0, 0.1) is 0 Å². The highest BCUT2D eigenvalue weighted by Crippen LogP contribution is 2.17. The number of hydrogen-bond donors (Lipinski definition) is 1. The molecule has 5 nitrogen and oxygen atoms in total. The van der Waals surface area contributed by atoms with Gasteiger partial charge in [0.1, 0.15) is 0 Å². The first-order valence-corrected chi connectivity index (χ1v) is 8.94. The predicted molar refractivity (Wildman–Crippen MR) is 102 cm³/mol. The number of ether oxygens (including phenoxy) is 1. The monoisotopic (exact) mass is 372 g/mol. The van der Waals surface area contributed by atoms with Crippen molar-refractivity contribution in [2.24, 2.45) is 0 Å². The summed E-state index contributed by atoms with van der Waals surface area (Å²) in [7, 11) is 0. The Bertz CT molecular complexity index is 792. The topological polar surface area (TPSA) is 58.6 Å². The van der Waals surface area contributed by atoms with Crippen molar-refractivity contribution in [3.63, 3.8) is 0 Å². The van der Waals surface area contributed by atoms with E-state index >= 15 is 0 Å². The van der Waals surface area contributed by atoms with Gasteiger partial charge in [-0.05, 0) is 42.8 Å². The summed E-state index contributed by atoms with van der Waals surface area (Å²) in [5, 5.41) is 3.48. The van der Waals surface area contributed by atoms with Crippen molar-refractivity contribution in [1.29, 1.82) is 0 Å². The van der Waals surface area contributed by atoms with E-state index in [0.29, 0.717) is 36.0 Å². The molecule has 1 fully saturated rings. The molecule has 2 amide bonds. The largest absolute Gasteiger partial charge is 0.377 e. The molecule has 0 aromatic heterocycles. The second-order valence-corrected chi connectivity index (χ2v) is 6.79. The van der Waals surface area contributed by atoms with Crippen LogP contribution < -0.4 is 5.32 Å². The minimum absolute atomic E-state index is 0.0411. The number of anilines is 1. The summed E-state index contributed by atoms with van der Waals surface area (Å²) in [6.45, 7) is 3.64. The summed E-state index contributed by atoms with van der Waals surface area (Å²) >= 11 is 5.86. The lowest BCUT2D eigenvalue weighted by atomic mass is 10.1. The first-order valence-electron chi connectivity index (χ1n) is 8.56. The van der Waals surface area contributed by atoms with Gasteiger partial charge < -0.3 is 15.0 Å². The third-order valence-corrected chi connectivity index (χ3v) is 4.55. The average Bonchev–Trinajstić information content (AvgIpc) is 2.64. The van der Waals surface area contributed by atoms with Gasteiger partial charge in [0, 0.05) is 22.8 Å². The number of hydrogen-bond acceptors (Lipinski definition) is 3. The predicted octanol–water partition coefficient (Wildman–Crippen LogP) is 3.38. The Labute approximate surface area is 157 Å². The molecule has 0 aliphatic carbocycles. The minimum atomic E-state index is -0.142. The summed E-state index contributed by atoms with van der Waals surface area (Å²) in [5.74, 6) is -0.189. The third-order valence-electron chi connectivity index (χ3n) is 4.30. The molecule has 6 heteroatoms. The Kier molecular flexibility index (Phi) is 5.91. The summed E-state index contributed by atoms with van der Waals surface area (Å²) in [6, 6.07) is 14.2. The molecule has 1 saturated heterocycles. The van der Waals surface area contributed by atoms with E-state index in [2.05, 4.69) is 5.32 Å². The van der Waals surface area contributed by atoms with Crippen molar-refractivity contribution in [3.8, 4) is 0 Å². The quantitative estimate of drug-likeness (QED) is 0.895. The van der Waals surface area contributed by atoms with E-state index in [9.17, 15) is 9.59 Å². The van der Waals surface area contributed by atoms with Crippen LogP contribution in [0.3, 0.4) is 0 Å². The molecule has 0 radical (unpaired) electrons. The van der Waals surface area contributed by atoms with E-state index in [1.54, 1.807) is 41.3 Å². The summed E-state index contributed by atoms with van der Waals surface area (Å²) in [5.41, 5.74) is 2.04. The van der Waals surface area contributed by atoms with Crippen LogP contribution in [0.5, 0.6) is 0 Å². The van der Waals surface area contributed by atoms with E-state index in [1.165, 1.54) is 0 Å². The lowest BCUT2D eigenvalue weighted by Crippen LogP contribution is -2.47. The van der Waals surface area contributed by atoms with E-state index in [1.807, 2.05) is 19.1 Å². The van der Waals surface area contributed by atoms with Gasteiger partial charge in [0.05, 0.1) is 25.7 Å². The molecule has 1 unspecified atom stereocenters. The Morgan fingerprint density at radius 2 is 2.00 bits per heavy atom. The van der Waals surface area contributed by atoms with Gasteiger partial charge >= 0.3 is 0 Å². The lowest BCUT2D eigenvalue weighted by Gasteiger charge is -2.33. The van der Waals surface area contributed by atoms with Gasteiger partial charge in [0.15, 0.2) is 0 Å². The van der Waals surface area contributed by atoms with Crippen molar-refractivity contribution >= 4 is 29.1 Å². The fourth-order valence-electron chi connectivity index (χ4n) is 2.92. The Hall–Kier alpha value is -2.37. The number of morpholine rings is 1. The van der Waals surface area contributed by atoms with Gasteiger partial charge in [-0.1, -0.05) is 29.8 Å². The highest BCUT2D eigenvalue weighted by atomic mass is 35.5. The standard InChI is InChI=1S/C20H21ClN2O3/c1-14-13-26-10-9-23(14)20(25)16-3-2-4-18(12-16)22-19(24)11-15-5-7-17(21)8-6-15/h2-8,12,14H,9-11,13H2,1H3,(H,22,24). The van der Waals surface area contributed by atoms with Gasteiger partial charge in [-0.25, -0.2) is 0 Å². The number of amides is 2. The molecule has 1 aliphatic rings. The molecule has 136 valence electrons. The molecule has 1 aliphatic heterocycles. The molecule has 2 aromatic rings. The van der Waals surface area contributed by atoms with Crippen LogP contribution in [0.2, 0.25) is 5.02 Å². The highest BCUT2D eigenvalue weighted by molar-refractivity contribution is 6.30. The van der Waals surface area contributed by atoms with Crippen LogP contribution in [0.15, 0.2) is 48.5 Å². The van der Waals surface area contributed by atoms with Gasteiger partial charge in [-0.2, -0.15) is 0 Å². The minimum Gasteiger partial charge on any atom is -0.377 e. The smallest absolute Gasteiger partial charge is 0.254 e. The van der Waals surface area contributed by atoms with Crippen molar-refractivity contribution in [2.45, 2.75) is 19.4 Å². The number of carbonyl (C=O) groups is 2. The van der Waals surface area contributed by atoms with Crippen molar-refractivity contribution < 1.29 is 14.3 Å². The Morgan fingerprint density at radius 1 is 1.23 bits per heavy atom. The van der Waals surface area contributed by atoms with Crippen molar-refractivity contribution in [1.82, 2.24) is 4.90 Å². The maximum absolute atomic E-state index is 12.7.